The van der Waals surface area contributed by atoms with Crippen molar-refractivity contribution in [2.24, 2.45) is 5.84 Å². The lowest BCUT2D eigenvalue weighted by Crippen LogP contribution is -2.32. The highest BCUT2D eigenvalue weighted by atomic mass is 16.6. The molecule has 1 rings (SSSR count). The van der Waals surface area contributed by atoms with Crippen LogP contribution in [0.15, 0.2) is 18.2 Å². The molecule has 1 aromatic rings. The Labute approximate surface area is 94.0 Å². The average molecular weight is 224 g/mol. The molecule has 0 saturated carbocycles. The van der Waals surface area contributed by atoms with Crippen LogP contribution in [0.3, 0.4) is 0 Å². The second-order valence-corrected chi connectivity index (χ2v) is 3.55. The average Bonchev–Trinajstić information content (AvgIpc) is 2.26. The van der Waals surface area contributed by atoms with Gasteiger partial charge in [0.2, 0.25) is 0 Å². The standard InChI is InChI=1S/C10H16N4O2/c1-2-3-6-13(12)10-7-8(14(15)16)4-5-9(10)11/h4-5,7H,2-3,6,11-12H2,1H3. The molecule has 0 atom stereocenters. The summed E-state index contributed by atoms with van der Waals surface area (Å²) in [7, 11) is 0. The molecule has 0 radical (unpaired) electrons. The maximum atomic E-state index is 10.6. The quantitative estimate of drug-likeness (QED) is 0.343. The van der Waals surface area contributed by atoms with E-state index in [-0.39, 0.29) is 5.69 Å². The van der Waals surface area contributed by atoms with Gasteiger partial charge >= 0.3 is 0 Å². The minimum absolute atomic E-state index is 0.00357. The van der Waals surface area contributed by atoms with Crippen LogP contribution in [-0.2, 0) is 0 Å². The fourth-order valence-electron chi connectivity index (χ4n) is 1.34. The smallest absolute Gasteiger partial charge is 0.271 e. The van der Waals surface area contributed by atoms with Crippen molar-refractivity contribution in [3.63, 3.8) is 0 Å². The summed E-state index contributed by atoms with van der Waals surface area (Å²) in [5.74, 6) is 5.78. The SMILES string of the molecule is CCCCN(N)c1cc([N+](=O)[O-])ccc1N. The second kappa shape index (κ2) is 5.32. The number of benzene rings is 1. The van der Waals surface area contributed by atoms with Crippen molar-refractivity contribution in [3.8, 4) is 0 Å². The number of nitro benzene ring substituents is 1. The van der Waals surface area contributed by atoms with Gasteiger partial charge < -0.3 is 10.7 Å². The van der Waals surface area contributed by atoms with E-state index in [0.717, 1.165) is 12.8 Å². The number of nitrogen functional groups attached to an aromatic ring is 1. The maximum Gasteiger partial charge on any atom is 0.271 e. The molecule has 0 bridgehead atoms. The number of nitrogens with zero attached hydrogens (tertiary/aromatic N) is 2. The van der Waals surface area contributed by atoms with Crippen molar-refractivity contribution in [2.75, 3.05) is 17.3 Å². The van der Waals surface area contributed by atoms with Gasteiger partial charge in [0.1, 0.15) is 0 Å². The lowest BCUT2D eigenvalue weighted by Gasteiger charge is -2.19. The van der Waals surface area contributed by atoms with Crippen LogP contribution in [0.1, 0.15) is 19.8 Å². The molecule has 6 heteroatoms. The van der Waals surface area contributed by atoms with Crippen molar-refractivity contribution in [2.45, 2.75) is 19.8 Å². The summed E-state index contributed by atoms with van der Waals surface area (Å²) < 4.78 is 0. The van der Waals surface area contributed by atoms with E-state index < -0.39 is 4.92 Å². The first-order chi connectivity index (χ1) is 7.56. The van der Waals surface area contributed by atoms with E-state index in [4.69, 9.17) is 11.6 Å². The Balaban J connectivity index is 2.92. The van der Waals surface area contributed by atoms with Crippen LogP contribution in [0, 0.1) is 10.1 Å². The molecule has 4 N–H and O–H groups in total. The Morgan fingerprint density at radius 1 is 1.50 bits per heavy atom. The monoisotopic (exact) mass is 224 g/mol. The Bertz CT molecular complexity index is 381. The molecular weight excluding hydrogens is 208 g/mol. The highest BCUT2D eigenvalue weighted by molar-refractivity contribution is 5.70. The molecule has 6 nitrogen and oxygen atoms in total. The summed E-state index contributed by atoms with van der Waals surface area (Å²) in [5, 5.41) is 12.1. The number of hydrogen-bond donors (Lipinski definition) is 2. The number of unbranched alkanes of at least 4 members (excludes halogenated alkanes) is 1. The van der Waals surface area contributed by atoms with Gasteiger partial charge in [0.25, 0.3) is 5.69 Å². The summed E-state index contributed by atoms with van der Waals surface area (Å²) in [6, 6.07) is 4.26. The molecule has 88 valence electrons. The van der Waals surface area contributed by atoms with E-state index in [1.807, 2.05) is 6.92 Å². The van der Waals surface area contributed by atoms with Crippen molar-refractivity contribution < 1.29 is 4.92 Å². The summed E-state index contributed by atoms with van der Waals surface area (Å²) in [5.41, 5.74) is 6.67. The third-order valence-corrected chi connectivity index (χ3v) is 2.29. The van der Waals surface area contributed by atoms with Gasteiger partial charge in [-0.2, -0.15) is 0 Å². The van der Waals surface area contributed by atoms with Gasteiger partial charge in [-0.15, -0.1) is 0 Å². The number of nitrogens with two attached hydrogens (primary N) is 2. The van der Waals surface area contributed by atoms with E-state index in [1.165, 1.54) is 23.2 Å². The van der Waals surface area contributed by atoms with E-state index in [9.17, 15) is 10.1 Å². The summed E-state index contributed by atoms with van der Waals surface area (Å²) in [6.45, 7) is 2.67. The van der Waals surface area contributed by atoms with Crippen LogP contribution < -0.4 is 16.6 Å². The zero-order chi connectivity index (χ0) is 12.1. The topological polar surface area (TPSA) is 98.4 Å². The summed E-state index contributed by atoms with van der Waals surface area (Å²) in [6.07, 6.45) is 1.92. The Morgan fingerprint density at radius 2 is 2.19 bits per heavy atom. The zero-order valence-corrected chi connectivity index (χ0v) is 9.22. The summed E-state index contributed by atoms with van der Waals surface area (Å²) in [4.78, 5) is 10.1. The van der Waals surface area contributed by atoms with Crippen molar-refractivity contribution in [1.82, 2.24) is 0 Å². The molecule has 0 aromatic heterocycles. The zero-order valence-electron chi connectivity index (χ0n) is 9.22. The van der Waals surface area contributed by atoms with Gasteiger partial charge in [0, 0.05) is 18.7 Å². The van der Waals surface area contributed by atoms with Gasteiger partial charge in [-0.25, -0.2) is 5.84 Å². The first kappa shape index (κ1) is 12.3. The van der Waals surface area contributed by atoms with Gasteiger partial charge in [-0.1, -0.05) is 13.3 Å². The van der Waals surface area contributed by atoms with Crippen LogP contribution >= 0.6 is 0 Å². The van der Waals surface area contributed by atoms with E-state index in [2.05, 4.69) is 0 Å². The number of non-ortho nitro benzene ring substituents is 1. The van der Waals surface area contributed by atoms with Gasteiger partial charge in [0.05, 0.1) is 16.3 Å². The van der Waals surface area contributed by atoms with E-state index >= 15 is 0 Å². The first-order valence-electron chi connectivity index (χ1n) is 5.12. The Morgan fingerprint density at radius 3 is 2.75 bits per heavy atom. The van der Waals surface area contributed by atoms with Crippen LogP contribution in [0.25, 0.3) is 0 Å². The summed E-state index contributed by atoms with van der Waals surface area (Å²) >= 11 is 0. The molecule has 0 aliphatic heterocycles. The molecule has 0 fully saturated rings. The molecular formula is C10H16N4O2. The molecule has 0 amide bonds. The first-order valence-corrected chi connectivity index (χ1v) is 5.12. The van der Waals surface area contributed by atoms with Crippen LogP contribution in [0.2, 0.25) is 0 Å². The third kappa shape index (κ3) is 2.83. The van der Waals surface area contributed by atoms with Crippen molar-refractivity contribution in [1.29, 1.82) is 0 Å². The number of nitro groups is 1. The molecule has 0 saturated heterocycles. The molecule has 0 spiro atoms. The highest BCUT2D eigenvalue weighted by Gasteiger charge is 2.12. The predicted molar refractivity (Wildman–Crippen MR) is 64.0 cm³/mol. The van der Waals surface area contributed by atoms with Crippen molar-refractivity contribution in [3.05, 3.63) is 28.3 Å². The van der Waals surface area contributed by atoms with E-state index in [1.54, 1.807) is 0 Å². The predicted octanol–water partition coefficient (Wildman–Crippen LogP) is 1.66. The number of hydrogen-bond acceptors (Lipinski definition) is 5. The number of hydrazine groups is 1. The Kier molecular flexibility index (Phi) is 4.07. The normalized spacial score (nSPS) is 10.1. The lowest BCUT2D eigenvalue weighted by atomic mass is 10.2. The van der Waals surface area contributed by atoms with E-state index in [0.29, 0.717) is 17.9 Å². The van der Waals surface area contributed by atoms with Crippen LogP contribution in [0.4, 0.5) is 17.1 Å². The third-order valence-electron chi connectivity index (χ3n) is 2.29. The lowest BCUT2D eigenvalue weighted by molar-refractivity contribution is -0.384. The Hall–Kier alpha value is -1.82. The van der Waals surface area contributed by atoms with Crippen LogP contribution in [-0.4, -0.2) is 11.5 Å². The van der Waals surface area contributed by atoms with Gasteiger partial charge in [-0.05, 0) is 12.5 Å². The van der Waals surface area contributed by atoms with Gasteiger partial charge in [-0.3, -0.25) is 10.1 Å². The van der Waals surface area contributed by atoms with Crippen molar-refractivity contribution >= 4 is 17.1 Å². The number of rotatable bonds is 5. The molecule has 0 aliphatic carbocycles. The fraction of sp³-hybridized carbons (Fsp3) is 0.400. The molecule has 0 aliphatic rings. The molecule has 0 unspecified atom stereocenters. The highest BCUT2D eigenvalue weighted by Crippen LogP contribution is 2.26. The minimum atomic E-state index is -0.462. The van der Waals surface area contributed by atoms with Crippen LogP contribution in [0.5, 0.6) is 0 Å². The fourth-order valence-corrected chi connectivity index (χ4v) is 1.34. The second-order valence-electron chi connectivity index (χ2n) is 3.55. The maximum absolute atomic E-state index is 10.6. The molecule has 16 heavy (non-hydrogen) atoms. The van der Waals surface area contributed by atoms with Gasteiger partial charge in [0.15, 0.2) is 0 Å². The molecule has 0 heterocycles. The largest absolute Gasteiger partial charge is 0.397 e. The minimum Gasteiger partial charge on any atom is -0.397 e. The molecule has 1 aromatic carbocycles. The number of anilines is 2.